The van der Waals surface area contributed by atoms with Crippen molar-refractivity contribution in [3.8, 4) is 11.6 Å². The number of esters is 1. The zero-order valence-corrected chi connectivity index (χ0v) is 32.2. The van der Waals surface area contributed by atoms with Gasteiger partial charge in [-0.2, -0.15) is 8.42 Å². The molecule has 14 heteroatoms. The van der Waals surface area contributed by atoms with Crippen LogP contribution in [0.4, 0.5) is 0 Å². The standard InChI is InChI=1S/C39H53N3O10S/c1-6-26-21-39(26,37(46)41-53(47,48)52-27-12-13-27)22-33(43)32-19-29(50-35-30-15-14-28(49-5)18-25(30)16-17-40-35)23-42(32)36(45)31(24-10-8-7-9-11-24)20-34(44)51-38(2,3)4/h14-18,24,26-27,29,31-32H,6-13,19-23H2,1-5H3,(H,41,46)/t26?,29-,31+,32+,39-/m1/s1. The smallest absolute Gasteiger partial charge is 0.362 e. The molecule has 1 saturated heterocycles. The molecular weight excluding hydrogens is 703 g/mol. The minimum atomic E-state index is -4.34. The molecule has 0 bridgehead atoms. The van der Waals surface area contributed by atoms with Crippen LogP contribution in [0.3, 0.4) is 0 Å². The highest BCUT2D eigenvalue weighted by Gasteiger charge is 2.61. The Balaban J connectivity index is 1.28. The number of methoxy groups -OCH3 is 1. The van der Waals surface area contributed by atoms with E-state index in [1.165, 1.54) is 4.90 Å². The van der Waals surface area contributed by atoms with Crippen molar-refractivity contribution in [3.63, 3.8) is 0 Å². The van der Waals surface area contributed by atoms with E-state index >= 15 is 0 Å². The number of aromatic nitrogens is 1. The number of carbonyl (C=O) groups is 4. The van der Waals surface area contributed by atoms with E-state index in [9.17, 15) is 27.6 Å². The van der Waals surface area contributed by atoms with Crippen molar-refractivity contribution in [2.45, 2.75) is 129 Å². The molecule has 1 unspecified atom stereocenters. The molecule has 4 fully saturated rings. The molecule has 290 valence electrons. The van der Waals surface area contributed by atoms with Crippen molar-refractivity contribution < 1.29 is 46.0 Å². The quantitative estimate of drug-likeness (QED) is 0.230. The largest absolute Gasteiger partial charge is 0.497 e. The minimum absolute atomic E-state index is 0.0594. The number of hydrogen-bond acceptors (Lipinski definition) is 11. The highest BCUT2D eigenvalue weighted by molar-refractivity contribution is 7.85. The average Bonchev–Trinajstić information content (AvgIpc) is 4.02. The number of pyridine rings is 1. The summed E-state index contributed by atoms with van der Waals surface area (Å²) in [7, 11) is -2.75. The van der Waals surface area contributed by atoms with Gasteiger partial charge in [-0.3, -0.25) is 23.4 Å². The van der Waals surface area contributed by atoms with E-state index in [0.29, 0.717) is 37.3 Å². The molecule has 13 nitrogen and oxygen atoms in total. The molecule has 3 aliphatic carbocycles. The first-order valence-corrected chi connectivity index (χ1v) is 20.4. The molecule has 4 aliphatic rings. The molecule has 3 saturated carbocycles. The van der Waals surface area contributed by atoms with Gasteiger partial charge in [-0.1, -0.05) is 32.6 Å². The van der Waals surface area contributed by atoms with E-state index in [4.69, 9.17) is 18.4 Å². The molecule has 5 atom stereocenters. The molecule has 1 aromatic carbocycles. The summed E-state index contributed by atoms with van der Waals surface area (Å²) >= 11 is 0. The lowest BCUT2D eigenvalue weighted by Crippen LogP contribution is -2.48. The van der Waals surface area contributed by atoms with Crippen LogP contribution in [0.25, 0.3) is 10.8 Å². The van der Waals surface area contributed by atoms with Crippen molar-refractivity contribution in [3.05, 3.63) is 30.5 Å². The van der Waals surface area contributed by atoms with Crippen molar-refractivity contribution in [2.24, 2.45) is 23.2 Å². The molecule has 2 amide bonds. The van der Waals surface area contributed by atoms with Crippen LogP contribution < -0.4 is 14.2 Å². The Morgan fingerprint density at radius 1 is 1.04 bits per heavy atom. The predicted molar refractivity (Wildman–Crippen MR) is 195 cm³/mol. The van der Waals surface area contributed by atoms with Gasteiger partial charge in [-0.05, 0) is 94.4 Å². The summed E-state index contributed by atoms with van der Waals surface area (Å²) in [5.74, 6) is -1.85. The van der Waals surface area contributed by atoms with Crippen LogP contribution in [0.1, 0.15) is 105 Å². The van der Waals surface area contributed by atoms with Gasteiger partial charge in [0.25, 0.3) is 0 Å². The molecule has 1 N–H and O–H groups in total. The first kappa shape index (κ1) is 38.9. The van der Waals surface area contributed by atoms with Gasteiger partial charge in [-0.25, -0.2) is 9.71 Å². The number of ether oxygens (including phenoxy) is 3. The van der Waals surface area contributed by atoms with E-state index in [-0.39, 0.29) is 49.3 Å². The molecule has 1 aromatic heterocycles. The zero-order chi connectivity index (χ0) is 38.1. The van der Waals surface area contributed by atoms with Crippen LogP contribution in [-0.2, 0) is 38.4 Å². The van der Waals surface area contributed by atoms with Gasteiger partial charge in [0.05, 0.1) is 43.6 Å². The number of nitrogens with one attached hydrogen (secondary N) is 1. The van der Waals surface area contributed by atoms with Crippen LogP contribution >= 0.6 is 0 Å². The Bertz CT molecular complexity index is 1820. The second kappa shape index (κ2) is 15.5. The number of nitrogens with zero attached hydrogens (tertiary/aromatic N) is 2. The van der Waals surface area contributed by atoms with E-state index in [1.54, 1.807) is 40.1 Å². The van der Waals surface area contributed by atoms with Gasteiger partial charge in [-0.15, -0.1) is 0 Å². The van der Waals surface area contributed by atoms with Gasteiger partial charge in [0.2, 0.25) is 17.7 Å². The normalized spacial score (nSPS) is 25.5. The maximum absolute atomic E-state index is 14.8. The van der Waals surface area contributed by atoms with E-state index in [1.807, 2.05) is 25.1 Å². The van der Waals surface area contributed by atoms with Crippen LogP contribution in [0.15, 0.2) is 30.5 Å². The second-order valence-corrected chi connectivity index (χ2v) is 17.6. The maximum Gasteiger partial charge on any atom is 0.362 e. The van der Waals surface area contributed by atoms with E-state index in [0.717, 1.165) is 42.9 Å². The van der Waals surface area contributed by atoms with Crippen LogP contribution in [0, 0.1) is 23.2 Å². The summed E-state index contributed by atoms with van der Waals surface area (Å²) in [4.78, 5) is 62.1. The first-order chi connectivity index (χ1) is 25.1. The summed E-state index contributed by atoms with van der Waals surface area (Å²) < 4.78 is 49.9. The van der Waals surface area contributed by atoms with Crippen molar-refractivity contribution in [1.82, 2.24) is 14.6 Å². The molecule has 1 aliphatic heterocycles. The maximum atomic E-state index is 14.8. The Morgan fingerprint density at radius 2 is 1.77 bits per heavy atom. The average molecular weight is 756 g/mol. The number of amides is 2. The molecular formula is C39H53N3O10S. The van der Waals surface area contributed by atoms with Crippen molar-refractivity contribution >= 4 is 44.6 Å². The summed E-state index contributed by atoms with van der Waals surface area (Å²) in [6.45, 7) is 7.32. The fourth-order valence-electron chi connectivity index (χ4n) is 8.21. The monoisotopic (exact) mass is 755 g/mol. The highest BCUT2D eigenvalue weighted by atomic mass is 32.2. The van der Waals surface area contributed by atoms with Crippen molar-refractivity contribution in [1.29, 1.82) is 0 Å². The third-order valence-electron chi connectivity index (χ3n) is 11.1. The number of fused-ring (bicyclic) bond motifs is 1. The fourth-order valence-corrected chi connectivity index (χ4v) is 9.24. The summed E-state index contributed by atoms with van der Waals surface area (Å²) in [6.07, 6.45) is 6.96. The first-order valence-electron chi connectivity index (χ1n) is 19.0. The third kappa shape index (κ3) is 9.30. The molecule has 0 radical (unpaired) electrons. The van der Waals surface area contributed by atoms with Gasteiger partial charge in [0, 0.05) is 24.4 Å². The Morgan fingerprint density at radius 3 is 2.42 bits per heavy atom. The molecule has 2 heterocycles. The highest BCUT2D eigenvalue weighted by Crippen LogP contribution is 2.58. The second-order valence-electron chi connectivity index (χ2n) is 16.3. The third-order valence-corrected chi connectivity index (χ3v) is 12.1. The summed E-state index contributed by atoms with van der Waals surface area (Å²) in [5, 5.41) is 1.58. The van der Waals surface area contributed by atoms with E-state index < -0.39 is 57.4 Å². The number of likely N-dealkylation sites (tertiary alicyclic amines) is 1. The lowest BCUT2D eigenvalue weighted by molar-refractivity contribution is -0.160. The molecule has 53 heavy (non-hydrogen) atoms. The van der Waals surface area contributed by atoms with Gasteiger partial charge in [0.15, 0.2) is 5.78 Å². The van der Waals surface area contributed by atoms with E-state index in [2.05, 4.69) is 9.71 Å². The van der Waals surface area contributed by atoms with Gasteiger partial charge < -0.3 is 19.1 Å². The Kier molecular flexibility index (Phi) is 11.4. The lowest BCUT2D eigenvalue weighted by atomic mass is 9.77. The molecule has 0 spiro atoms. The summed E-state index contributed by atoms with van der Waals surface area (Å²) in [5.41, 5.74) is -1.97. The SMILES string of the molecule is CCC1C[C@]1(CC(=O)[C@@H]1C[C@@H](Oc2nccc3cc(OC)ccc23)CN1C(=O)[C@@H](CC(=O)OC(C)(C)C)C1CCCCC1)C(=O)NS(=O)(=O)OC1CC1. The number of rotatable bonds is 15. The number of ketones is 1. The topological polar surface area (TPSA) is 168 Å². The van der Waals surface area contributed by atoms with Crippen molar-refractivity contribution in [2.75, 3.05) is 13.7 Å². The lowest BCUT2D eigenvalue weighted by Gasteiger charge is -2.34. The Labute approximate surface area is 312 Å². The predicted octanol–water partition coefficient (Wildman–Crippen LogP) is 5.44. The van der Waals surface area contributed by atoms with Gasteiger partial charge in [0.1, 0.15) is 17.5 Å². The van der Waals surface area contributed by atoms with Crippen LogP contribution in [0.2, 0.25) is 0 Å². The van der Waals surface area contributed by atoms with Crippen LogP contribution in [-0.4, -0.2) is 79.4 Å². The zero-order valence-electron chi connectivity index (χ0n) is 31.4. The number of benzene rings is 1. The molecule has 6 rings (SSSR count). The Hall–Kier alpha value is -3.78. The number of hydrogen-bond donors (Lipinski definition) is 1. The molecule has 2 aromatic rings. The van der Waals surface area contributed by atoms with Crippen LogP contribution in [0.5, 0.6) is 11.6 Å². The fraction of sp³-hybridized carbons (Fsp3) is 0.667. The number of carbonyl (C=O) groups excluding carboxylic acids is 4. The van der Waals surface area contributed by atoms with Gasteiger partial charge >= 0.3 is 16.3 Å². The number of Topliss-reactive ketones (excluding diaryl/α,β-unsaturated/α-hetero) is 1. The summed E-state index contributed by atoms with van der Waals surface area (Å²) in [6, 6.07) is 6.39. The minimum Gasteiger partial charge on any atom is -0.497 e.